The summed E-state index contributed by atoms with van der Waals surface area (Å²) in [6.07, 6.45) is 1.16. The Hall–Kier alpha value is -1.40. The topological polar surface area (TPSA) is 66.5 Å². The van der Waals surface area contributed by atoms with Gasteiger partial charge in [-0.1, -0.05) is 19.1 Å². The minimum atomic E-state index is -3.01. The molecule has 2 rings (SSSR count). The molecule has 1 heterocycles. The van der Waals surface area contributed by atoms with Crippen molar-refractivity contribution in [3.63, 3.8) is 0 Å². The van der Waals surface area contributed by atoms with E-state index in [1.54, 1.807) is 11.9 Å². The molecule has 1 amide bonds. The van der Waals surface area contributed by atoms with Crippen LogP contribution in [0.2, 0.25) is 0 Å². The van der Waals surface area contributed by atoms with Crippen molar-refractivity contribution < 1.29 is 13.2 Å². The van der Waals surface area contributed by atoms with Crippen molar-refractivity contribution in [2.45, 2.75) is 25.8 Å². The van der Waals surface area contributed by atoms with Crippen LogP contribution in [0.3, 0.4) is 0 Å². The molecule has 1 aliphatic heterocycles. The lowest BCUT2D eigenvalue weighted by Gasteiger charge is -2.25. The number of carbonyl (C=O) groups excluding carboxylic acids is 1. The fourth-order valence-corrected chi connectivity index (χ4v) is 3.89. The highest BCUT2D eigenvalue weighted by atomic mass is 32.2. The number of rotatable bonds is 4. The summed E-state index contributed by atoms with van der Waals surface area (Å²) in [6.45, 7) is 2.51. The zero-order chi connectivity index (χ0) is 15.5. The molecule has 0 spiro atoms. The van der Waals surface area contributed by atoms with Crippen molar-refractivity contribution in [3.05, 3.63) is 29.8 Å². The summed E-state index contributed by atoms with van der Waals surface area (Å²) in [6, 6.07) is 7.56. The van der Waals surface area contributed by atoms with Gasteiger partial charge in [-0.15, -0.1) is 0 Å². The molecule has 1 aromatic carbocycles. The Labute approximate surface area is 126 Å². The van der Waals surface area contributed by atoms with Crippen LogP contribution in [0.5, 0.6) is 0 Å². The van der Waals surface area contributed by atoms with Crippen LogP contribution in [-0.4, -0.2) is 45.5 Å². The van der Waals surface area contributed by atoms with Gasteiger partial charge >= 0.3 is 0 Å². The van der Waals surface area contributed by atoms with Gasteiger partial charge in [0.15, 0.2) is 9.84 Å². The van der Waals surface area contributed by atoms with Gasteiger partial charge in [-0.3, -0.25) is 4.79 Å². The summed E-state index contributed by atoms with van der Waals surface area (Å²) in [5.74, 6) is 0.127. The standard InChI is InChI=1S/C15H22N2O3S/c1-3-12-4-6-14(7-5-12)17(2)15(18)10-13-11-21(19,20)9-8-16-13/h4-7,13,16H,3,8-11H2,1-2H3. The fourth-order valence-electron chi connectivity index (χ4n) is 2.45. The number of benzene rings is 1. The minimum Gasteiger partial charge on any atom is -0.315 e. The van der Waals surface area contributed by atoms with E-state index in [9.17, 15) is 13.2 Å². The highest BCUT2D eigenvalue weighted by molar-refractivity contribution is 7.91. The second-order valence-electron chi connectivity index (χ2n) is 5.44. The molecule has 0 aliphatic carbocycles. The van der Waals surface area contributed by atoms with Crippen LogP contribution < -0.4 is 10.2 Å². The van der Waals surface area contributed by atoms with E-state index in [0.29, 0.717) is 6.54 Å². The van der Waals surface area contributed by atoms with E-state index in [0.717, 1.165) is 12.1 Å². The Bertz CT molecular complexity index is 596. The number of amides is 1. The van der Waals surface area contributed by atoms with E-state index in [2.05, 4.69) is 12.2 Å². The van der Waals surface area contributed by atoms with Gasteiger partial charge in [0, 0.05) is 31.7 Å². The molecule has 1 saturated heterocycles. The maximum atomic E-state index is 12.3. The predicted molar refractivity (Wildman–Crippen MR) is 84.3 cm³/mol. The molecule has 1 unspecified atom stereocenters. The van der Waals surface area contributed by atoms with E-state index in [1.807, 2.05) is 24.3 Å². The Morgan fingerprint density at radius 2 is 2.00 bits per heavy atom. The molecule has 0 saturated carbocycles. The van der Waals surface area contributed by atoms with Crippen LogP contribution in [0.4, 0.5) is 5.69 Å². The Morgan fingerprint density at radius 3 is 2.57 bits per heavy atom. The highest BCUT2D eigenvalue weighted by Crippen LogP contribution is 2.16. The molecule has 116 valence electrons. The zero-order valence-corrected chi connectivity index (χ0v) is 13.3. The van der Waals surface area contributed by atoms with Crippen LogP contribution in [0, 0.1) is 0 Å². The van der Waals surface area contributed by atoms with Crippen molar-refractivity contribution in [1.82, 2.24) is 5.32 Å². The lowest BCUT2D eigenvalue weighted by atomic mass is 10.1. The van der Waals surface area contributed by atoms with E-state index < -0.39 is 9.84 Å². The van der Waals surface area contributed by atoms with Crippen molar-refractivity contribution in [2.75, 3.05) is 30.0 Å². The van der Waals surface area contributed by atoms with E-state index in [-0.39, 0.29) is 29.9 Å². The number of aryl methyl sites for hydroxylation is 1. The summed E-state index contributed by atoms with van der Waals surface area (Å²) < 4.78 is 23.2. The number of hydrogen-bond acceptors (Lipinski definition) is 4. The smallest absolute Gasteiger partial charge is 0.228 e. The molecule has 0 aromatic heterocycles. The van der Waals surface area contributed by atoms with Crippen molar-refractivity contribution in [3.8, 4) is 0 Å². The molecular formula is C15H22N2O3S. The van der Waals surface area contributed by atoms with Crippen LogP contribution in [-0.2, 0) is 21.1 Å². The van der Waals surface area contributed by atoms with Crippen LogP contribution in [0.25, 0.3) is 0 Å². The average molecular weight is 310 g/mol. The lowest BCUT2D eigenvalue weighted by Crippen LogP contribution is -2.47. The molecular weight excluding hydrogens is 288 g/mol. The molecule has 1 aromatic rings. The second kappa shape index (κ2) is 6.58. The summed E-state index contributed by atoms with van der Waals surface area (Å²) in [5.41, 5.74) is 2.05. The first-order valence-corrected chi connectivity index (χ1v) is 9.02. The van der Waals surface area contributed by atoms with Crippen molar-refractivity contribution in [1.29, 1.82) is 0 Å². The maximum Gasteiger partial charge on any atom is 0.228 e. The summed E-state index contributed by atoms with van der Waals surface area (Å²) >= 11 is 0. The normalized spacial score (nSPS) is 21.0. The van der Waals surface area contributed by atoms with E-state index >= 15 is 0 Å². The molecule has 1 aliphatic rings. The minimum absolute atomic E-state index is 0.0430. The molecule has 1 N–H and O–H groups in total. The molecule has 1 atom stereocenters. The summed E-state index contributed by atoms with van der Waals surface area (Å²) in [7, 11) is -1.29. The largest absolute Gasteiger partial charge is 0.315 e. The number of carbonyl (C=O) groups is 1. The third-order valence-corrected chi connectivity index (χ3v) is 5.56. The Kier molecular flexibility index (Phi) is 5.00. The fraction of sp³-hybridized carbons (Fsp3) is 0.533. The third kappa shape index (κ3) is 4.28. The van der Waals surface area contributed by atoms with E-state index in [1.165, 1.54) is 5.56 Å². The Morgan fingerprint density at radius 1 is 1.33 bits per heavy atom. The lowest BCUT2D eigenvalue weighted by molar-refractivity contribution is -0.118. The number of nitrogens with one attached hydrogen (secondary N) is 1. The molecule has 21 heavy (non-hydrogen) atoms. The van der Waals surface area contributed by atoms with Gasteiger partial charge in [0.2, 0.25) is 5.91 Å². The average Bonchev–Trinajstić information content (AvgIpc) is 2.45. The number of sulfone groups is 1. The van der Waals surface area contributed by atoms with Crippen LogP contribution >= 0.6 is 0 Å². The number of anilines is 1. The van der Waals surface area contributed by atoms with Crippen LogP contribution in [0.1, 0.15) is 18.9 Å². The van der Waals surface area contributed by atoms with E-state index in [4.69, 9.17) is 0 Å². The molecule has 5 nitrogen and oxygen atoms in total. The predicted octanol–water partition coefficient (Wildman–Crippen LogP) is 0.988. The summed E-state index contributed by atoms with van der Waals surface area (Å²) in [4.78, 5) is 13.9. The maximum absolute atomic E-state index is 12.3. The molecule has 0 bridgehead atoms. The van der Waals surface area contributed by atoms with Crippen molar-refractivity contribution >= 4 is 21.4 Å². The van der Waals surface area contributed by atoms with Gasteiger partial charge in [0.05, 0.1) is 11.5 Å². The first-order valence-electron chi connectivity index (χ1n) is 7.20. The molecule has 0 radical (unpaired) electrons. The third-order valence-electron chi connectivity index (χ3n) is 3.83. The first kappa shape index (κ1) is 16.0. The monoisotopic (exact) mass is 310 g/mol. The van der Waals surface area contributed by atoms with Gasteiger partial charge in [0.25, 0.3) is 0 Å². The molecule has 6 heteroatoms. The number of nitrogens with zero attached hydrogens (tertiary/aromatic N) is 1. The Balaban J connectivity index is 1.98. The van der Waals surface area contributed by atoms with Gasteiger partial charge < -0.3 is 10.2 Å². The van der Waals surface area contributed by atoms with Gasteiger partial charge in [0.1, 0.15) is 0 Å². The van der Waals surface area contributed by atoms with Gasteiger partial charge in [-0.05, 0) is 24.1 Å². The zero-order valence-electron chi connectivity index (χ0n) is 12.5. The molecule has 1 fully saturated rings. The van der Waals surface area contributed by atoms with Crippen molar-refractivity contribution in [2.24, 2.45) is 0 Å². The van der Waals surface area contributed by atoms with Gasteiger partial charge in [-0.2, -0.15) is 0 Å². The summed E-state index contributed by atoms with van der Waals surface area (Å²) in [5, 5.41) is 3.10. The highest BCUT2D eigenvalue weighted by Gasteiger charge is 2.27. The quantitative estimate of drug-likeness (QED) is 0.900. The second-order valence-corrected chi connectivity index (χ2v) is 7.67. The van der Waals surface area contributed by atoms with Crippen LogP contribution in [0.15, 0.2) is 24.3 Å². The first-order chi connectivity index (χ1) is 9.91. The SMILES string of the molecule is CCc1ccc(N(C)C(=O)CC2CS(=O)(=O)CCN2)cc1. The van der Waals surface area contributed by atoms with Gasteiger partial charge in [-0.25, -0.2) is 8.42 Å². The number of hydrogen-bond donors (Lipinski definition) is 1.